The Bertz CT molecular complexity index is 264. The van der Waals surface area contributed by atoms with Crippen molar-refractivity contribution in [2.75, 3.05) is 0 Å². The van der Waals surface area contributed by atoms with Crippen molar-refractivity contribution in [3.8, 4) is 0 Å². The summed E-state index contributed by atoms with van der Waals surface area (Å²) in [6, 6.07) is 0. The van der Waals surface area contributed by atoms with Crippen molar-refractivity contribution >= 4 is 5.97 Å². The number of aliphatic carboxylic acids is 1. The monoisotopic (exact) mass is 224 g/mol. The summed E-state index contributed by atoms with van der Waals surface area (Å²) in [6.45, 7) is 4.46. The number of fused-ring (bicyclic) bond motifs is 3. The second-order valence-electron chi connectivity index (χ2n) is 6.01. The minimum absolute atomic E-state index is 0.358. The first kappa shape index (κ1) is 11.9. The highest BCUT2D eigenvalue weighted by atomic mass is 16.4. The zero-order chi connectivity index (χ0) is 11.8. The third kappa shape index (κ3) is 1.76. The molecule has 0 aliphatic heterocycles. The Labute approximate surface area is 98.4 Å². The first-order valence-corrected chi connectivity index (χ1v) is 6.83. The third-order valence-electron chi connectivity index (χ3n) is 5.15. The summed E-state index contributed by atoms with van der Waals surface area (Å²) < 4.78 is 0. The predicted molar refractivity (Wildman–Crippen MR) is 64.2 cm³/mol. The van der Waals surface area contributed by atoms with E-state index < -0.39 is 5.97 Å². The molecule has 0 aromatic heterocycles. The van der Waals surface area contributed by atoms with Gasteiger partial charge in [0.25, 0.3) is 0 Å². The second-order valence-corrected chi connectivity index (χ2v) is 6.01. The lowest BCUT2D eigenvalue weighted by atomic mass is 9.52. The van der Waals surface area contributed by atoms with Crippen molar-refractivity contribution in [1.82, 2.24) is 0 Å². The van der Waals surface area contributed by atoms with Gasteiger partial charge in [-0.25, -0.2) is 0 Å². The van der Waals surface area contributed by atoms with Gasteiger partial charge < -0.3 is 5.11 Å². The maximum Gasteiger partial charge on any atom is 0.309 e. The summed E-state index contributed by atoms with van der Waals surface area (Å²) in [5, 5.41) is 9.60. The summed E-state index contributed by atoms with van der Waals surface area (Å²) in [5.41, 5.74) is -0.358. The lowest BCUT2D eigenvalue weighted by Gasteiger charge is -2.51. The van der Waals surface area contributed by atoms with Crippen LogP contribution in [0.2, 0.25) is 0 Å². The van der Waals surface area contributed by atoms with Crippen molar-refractivity contribution < 1.29 is 9.90 Å². The Hall–Kier alpha value is -0.530. The molecule has 0 spiro atoms. The molecule has 3 saturated carbocycles. The minimum atomic E-state index is -0.515. The van der Waals surface area contributed by atoms with Gasteiger partial charge in [0.15, 0.2) is 0 Å². The van der Waals surface area contributed by atoms with Crippen LogP contribution in [0.1, 0.15) is 58.8 Å². The van der Waals surface area contributed by atoms with E-state index in [1.165, 1.54) is 19.3 Å². The molecule has 3 aliphatic carbocycles. The van der Waals surface area contributed by atoms with Crippen LogP contribution in [0, 0.1) is 23.2 Å². The Morgan fingerprint density at radius 3 is 2.56 bits per heavy atom. The van der Waals surface area contributed by atoms with E-state index in [0.29, 0.717) is 11.8 Å². The van der Waals surface area contributed by atoms with Gasteiger partial charge in [0.05, 0.1) is 5.41 Å². The van der Waals surface area contributed by atoms with Gasteiger partial charge in [0.1, 0.15) is 0 Å². The van der Waals surface area contributed by atoms with Crippen molar-refractivity contribution in [2.45, 2.75) is 58.8 Å². The van der Waals surface area contributed by atoms with E-state index in [9.17, 15) is 9.90 Å². The maximum atomic E-state index is 11.7. The van der Waals surface area contributed by atoms with Crippen LogP contribution in [0.3, 0.4) is 0 Å². The van der Waals surface area contributed by atoms with E-state index >= 15 is 0 Å². The molecule has 2 unspecified atom stereocenters. The van der Waals surface area contributed by atoms with Crippen molar-refractivity contribution in [3.05, 3.63) is 0 Å². The molecule has 3 aliphatic rings. The van der Waals surface area contributed by atoms with E-state index in [2.05, 4.69) is 13.8 Å². The van der Waals surface area contributed by atoms with Crippen LogP contribution in [0.4, 0.5) is 0 Å². The molecule has 3 rings (SSSR count). The van der Waals surface area contributed by atoms with Gasteiger partial charge in [0.2, 0.25) is 0 Å². The standard InChI is InChI=1S/C14H24O2/c1-3-4-10(2)12-9-11-5-7-14(12,8-6-11)13(15)16/h10-12H,3-9H2,1-2H3,(H,15,16). The Balaban J connectivity index is 2.19. The molecule has 16 heavy (non-hydrogen) atoms. The molecular weight excluding hydrogens is 200 g/mol. The number of rotatable bonds is 4. The van der Waals surface area contributed by atoms with Gasteiger partial charge in [0, 0.05) is 0 Å². The topological polar surface area (TPSA) is 37.3 Å². The maximum absolute atomic E-state index is 11.7. The molecular formula is C14H24O2. The van der Waals surface area contributed by atoms with Crippen LogP contribution >= 0.6 is 0 Å². The molecule has 0 radical (unpaired) electrons. The predicted octanol–water partition coefficient (Wildman–Crippen LogP) is 3.70. The average molecular weight is 224 g/mol. The SMILES string of the molecule is CCCC(C)C1CC2CCC1(C(=O)O)CC2. The quantitative estimate of drug-likeness (QED) is 0.790. The number of carboxylic acid groups (broad SMARTS) is 1. The van der Waals surface area contributed by atoms with Gasteiger partial charge in [-0.05, 0) is 49.9 Å². The third-order valence-corrected chi connectivity index (χ3v) is 5.15. The fourth-order valence-electron chi connectivity index (χ4n) is 4.19. The summed E-state index contributed by atoms with van der Waals surface area (Å²) in [7, 11) is 0. The van der Waals surface area contributed by atoms with Crippen LogP contribution in [-0.4, -0.2) is 11.1 Å². The number of hydrogen-bond acceptors (Lipinski definition) is 1. The van der Waals surface area contributed by atoms with E-state index in [-0.39, 0.29) is 5.41 Å². The molecule has 0 amide bonds. The van der Waals surface area contributed by atoms with Crippen molar-refractivity contribution in [2.24, 2.45) is 23.2 Å². The molecule has 1 N–H and O–H groups in total. The van der Waals surface area contributed by atoms with Crippen LogP contribution in [0.15, 0.2) is 0 Å². The first-order valence-electron chi connectivity index (χ1n) is 6.83. The summed E-state index contributed by atoms with van der Waals surface area (Å²) in [5.74, 6) is 1.34. The fraction of sp³-hybridized carbons (Fsp3) is 0.929. The summed E-state index contributed by atoms with van der Waals surface area (Å²) in [4.78, 5) is 11.7. The molecule has 0 heterocycles. The molecule has 2 atom stereocenters. The van der Waals surface area contributed by atoms with Gasteiger partial charge >= 0.3 is 5.97 Å². The van der Waals surface area contributed by atoms with Gasteiger partial charge in [-0.2, -0.15) is 0 Å². The molecule has 2 heteroatoms. The van der Waals surface area contributed by atoms with Gasteiger partial charge in [-0.15, -0.1) is 0 Å². The van der Waals surface area contributed by atoms with E-state index in [4.69, 9.17) is 0 Å². The van der Waals surface area contributed by atoms with E-state index in [1.807, 2.05) is 0 Å². The number of carbonyl (C=O) groups is 1. The van der Waals surface area contributed by atoms with E-state index in [0.717, 1.165) is 31.6 Å². The molecule has 92 valence electrons. The first-order chi connectivity index (χ1) is 7.60. The molecule has 0 aromatic carbocycles. The average Bonchev–Trinajstić information content (AvgIpc) is 2.30. The summed E-state index contributed by atoms with van der Waals surface area (Å²) >= 11 is 0. The number of hydrogen-bond donors (Lipinski definition) is 1. The minimum Gasteiger partial charge on any atom is -0.481 e. The molecule has 2 bridgehead atoms. The normalized spacial score (nSPS) is 39.6. The lowest BCUT2D eigenvalue weighted by molar-refractivity contribution is -0.164. The Kier molecular flexibility index (Phi) is 3.27. The highest BCUT2D eigenvalue weighted by Gasteiger charge is 2.53. The second kappa shape index (κ2) is 4.38. The highest BCUT2D eigenvalue weighted by Crippen LogP contribution is 2.56. The molecule has 3 fully saturated rings. The van der Waals surface area contributed by atoms with Crippen LogP contribution in [0.25, 0.3) is 0 Å². The molecule has 2 nitrogen and oxygen atoms in total. The van der Waals surface area contributed by atoms with Crippen LogP contribution < -0.4 is 0 Å². The highest BCUT2D eigenvalue weighted by molar-refractivity contribution is 5.75. The van der Waals surface area contributed by atoms with Gasteiger partial charge in [-0.3, -0.25) is 4.79 Å². The fourth-order valence-corrected chi connectivity index (χ4v) is 4.19. The number of carboxylic acids is 1. The van der Waals surface area contributed by atoms with E-state index in [1.54, 1.807) is 0 Å². The largest absolute Gasteiger partial charge is 0.481 e. The van der Waals surface area contributed by atoms with Crippen molar-refractivity contribution in [1.29, 1.82) is 0 Å². The zero-order valence-corrected chi connectivity index (χ0v) is 10.5. The summed E-state index contributed by atoms with van der Waals surface area (Å²) in [6.07, 6.45) is 7.72. The Morgan fingerprint density at radius 2 is 2.06 bits per heavy atom. The lowest BCUT2D eigenvalue weighted by Crippen LogP contribution is -2.49. The van der Waals surface area contributed by atoms with Gasteiger partial charge in [-0.1, -0.05) is 26.7 Å². The molecule has 0 aromatic rings. The van der Waals surface area contributed by atoms with Crippen LogP contribution in [0.5, 0.6) is 0 Å². The smallest absolute Gasteiger partial charge is 0.309 e. The zero-order valence-electron chi connectivity index (χ0n) is 10.5. The van der Waals surface area contributed by atoms with Crippen LogP contribution in [-0.2, 0) is 4.79 Å². The molecule has 0 saturated heterocycles. The Morgan fingerprint density at radius 1 is 1.44 bits per heavy atom. The van der Waals surface area contributed by atoms with Crippen molar-refractivity contribution in [3.63, 3.8) is 0 Å².